The van der Waals surface area contributed by atoms with Gasteiger partial charge < -0.3 is 18.9 Å². The third-order valence-electron chi connectivity index (χ3n) is 26.7. The van der Waals surface area contributed by atoms with Crippen molar-refractivity contribution in [2.45, 2.75) is 299 Å². The normalized spacial score (nSPS) is 14.5. The first-order valence-electron chi connectivity index (χ1n) is 53.6. The monoisotopic (exact) mass is 1830 g/mol. The van der Waals surface area contributed by atoms with E-state index in [1.165, 1.54) is 71.6 Å². The molecule has 0 aliphatic carbocycles. The van der Waals surface area contributed by atoms with Crippen molar-refractivity contribution in [2.75, 3.05) is 9.80 Å². The van der Waals surface area contributed by atoms with E-state index in [1.807, 2.05) is 0 Å². The van der Waals surface area contributed by atoms with Crippen LogP contribution in [0.4, 0.5) is 34.1 Å². The average molecular weight is 1830 g/mol. The lowest BCUT2D eigenvalue weighted by molar-refractivity contribution is 0.410. The summed E-state index contributed by atoms with van der Waals surface area (Å²) in [6.07, 6.45) is 4.03. The number of aromatic nitrogens is 2. The molecule has 2 aliphatic rings. The minimum Gasteiger partial charge on any atom is -0.310 e. The Morgan fingerprint density at radius 2 is 0.442 bits per heavy atom. The van der Waals surface area contributed by atoms with Gasteiger partial charge in [0.2, 0.25) is 0 Å². The number of hydrogen-bond acceptors (Lipinski definition) is 2. The third kappa shape index (κ3) is 22.3. The number of nitrogens with zero attached hydrogens (tertiary/aromatic N) is 4. The molecule has 0 fully saturated rings. The molecule has 0 unspecified atom stereocenters. The zero-order valence-corrected chi connectivity index (χ0v) is 90.3. The summed E-state index contributed by atoms with van der Waals surface area (Å²) in [6.45, 7) is 75.4. The van der Waals surface area contributed by atoms with E-state index in [9.17, 15) is 5.48 Å². The maximum atomic E-state index is 10.8. The SMILES string of the molecule is [2H]C([2H])(c1cc(-c2cccc(CC(C)(C)C)c2)c(N2c3cc(-n4c5ccc(CC(C)(C)C)cc5c5cc(CC(C)(C)C)ccc54)ccc3B3c4ccc(-n5c6ccc(CC(C)(C)C)cc6c6cc(CC(C)(C)C)ccc65)cc4N(c4c(-c5cccc(CC(C)(C)C)c5)cc(C([2H])([2H])C(C)(C)C)cc4-c4cccc(CC(C)(C)C)c4)c4cc(CC(C)(C)C)cc2c43)c(-c2cccc(CC(C)(C)C)c2)c1)C(C)(C)C. The minimum absolute atomic E-state index is 0.0457. The molecule has 0 saturated heterocycles. The van der Waals surface area contributed by atoms with E-state index >= 15 is 0 Å². The number of fused-ring (bicyclic) bond motifs is 10. The van der Waals surface area contributed by atoms with Gasteiger partial charge in [-0.3, -0.25) is 0 Å². The number of hydrogen-bond donors (Lipinski definition) is 0. The van der Waals surface area contributed by atoms with Crippen molar-refractivity contribution in [3.63, 3.8) is 0 Å². The topological polar surface area (TPSA) is 16.3 Å². The number of anilines is 6. The lowest BCUT2D eigenvalue weighted by Gasteiger charge is -2.46. The second-order valence-electron chi connectivity index (χ2n) is 54.7. The van der Waals surface area contributed by atoms with Crippen LogP contribution in [0.2, 0.25) is 0 Å². The lowest BCUT2D eigenvalue weighted by atomic mass is 9.33. The highest BCUT2D eigenvalue weighted by Gasteiger charge is 2.47. The first kappa shape index (κ1) is 93.4. The van der Waals surface area contributed by atoms with Gasteiger partial charge >= 0.3 is 0 Å². The first-order valence-corrected chi connectivity index (χ1v) is 51.6. The Bertz CT molecular complexity index is 6670. The Morgan fingerprint density at radius 1 is 0.210 bits per heavy atom. The summed E-state index contributed by atoms with van der Waals surface area (Å²) < 4.78 is 48.4. The molecule has 0 radical (unpaired) electrons. The Hall–Kier alpha value is -10.9. The van der Waals surface area contributed by atoms with Crippen LogP contribution < -0.4 is 26.2 Å². The Kier molecular flexibility index (Phi) is 24.2. The zero-order chi connectivity index (χ0) is 103. The van der Waals surface area contributed by atoms with Crippen molar-refractivity contribution in [2.24, 2.45) is 59.6 Å². The van der Waals surface area contributed by atoms with Gasteiger partial charge in [0, 0.05) is 83.4 Å². The fourth-order valence-electron chi connectivity index (χ4n) is 22.7. The molecule has 13 aromatic carbocycles. The average Bonchev–Trinajstić information content (AvgIpc) is 0.989. The largest absolute Gasteiger partial charge is 0.310 e. The third-order valence-corrected chi connectivity index (χ3v) is 26.7. The Morgan fingerprint density at radius 3 is 0.674 bits per heavy atom. The van der Waals surface area contributed by atoms with E-state index < -0.39 is 30.3 Å². The molecule has 5 heteroatoms. The molecule has 4 heterocycles. The molecule has 4 nitrogen and oxygen atoms in total. The van der Waals surface area contributed by atoms with Gasteiger partial charge in [-0.15, -0.1) is 0 Å². The molecule has 2 aliphatic heterocycles. The van der Waals surface area contributed by atoms with Gasteiger partial charge in [-0.25, -0.2) is 0 Å². The van der Waals surface area contributed by atoms with Crippen LogP contribution in [-0.2, 0) is 70.5 Å². The summed E-state index contributed by atoms with van der Waals surface area (Å²) >= 11 is 0. The van der Waals surface area contributed by atoms with E-state index in [0.29, 0.717) is 17.5 Å². The highest BCUT2D eigenvalue weighted by Crippen LogP contribution is 2.57. The summed E-state index contributed by atoms with van der Waals surface area (Å²) in [5, 5.41) is 4.95. The molecule has 0 amide bonds. The molecule has 0 N–H and O–H groups in total. The van der Waals surface area contributed by atoms with Gasteiger partial charge in [-0.2, -0.15) is 0 Å². The molecule has 0 bridgehead atoms. The van der Waals surface area contributed by atoms with E-state index in [2.05, 4.69) is 490 Å². The second kappa shape index (κ2) is 35.7. The van der Waals surface area contributed by atoms with Crippen LogP contribution in [0.1, 0.15) is 295 Å². The van der Waals surface area contributed by atoms with Crippen LogP contribution in [-0.4, -0.2) is 15.8 Å². The maximum Gasteiger partial charge on any atom is 0.252 e. The Labute approximate surface area is 838 Å². The second-order valence-corrected chi connectivity index (χ2v) is 54.7. The minimum atomic E-state index is -1.84. The molecule has 0 atom stereocenters. The molecule has 2 aromatic heterocycles. The van der Waals surface area contributed by atoms with Crippen LogP contribution in [0, 0.1) is 59.6 Å². The quantitative estimate of drug-likeness (QED) is 0.0750. The van der Waals surface area contributed by atoms with E-state index in [1.54, 1.807) is 0 Å². The predicted octanol–water partition coefficient (Wildman–Crippen LogP) is 36.1. The van der Waals surface area contributed by atoms with Gasteiger partial charge in [-0.05, 0) is 339 Å². The lowest BCUT2D eigenvalue weighted by Crippen LogP contribution is -2.61. The van der Waals surface area contributed by atoms with Gasteiger partial charge in [0.25, 0.3) is 6.71 Å². The molecule has 138 heavy (non-hydrogen) atoms. The van der Waals surface area contributed by atoms with Crippen molar-refractivity contribution in [3.8, 4) is 55.9 Å². The van der Waals surface area contributed by atoms with Crippen LogP contribution in [0.25, 0.3) is 99.5 Å². The molecule has 716 valence electrons. The van der Waals surface area contributed by atoms with E-state index in [-0.39, 0.29) is 48.7 Å². The van der Waals surface area contributed by atoms with Gasteiger partial charge in [0.1, 0.15) is 0 Å². The van der Waals surface area contributed by atoms with Gasteiger partial charge in [0.05, 0.1) is 33.4 Å². The van der Waals surface area contributed by atoms with Crippen LogP contribution in [0.3, 0.4) is 0 Å². The molecule has 15 aromatic rings. The zero-order valence-electron chi connectivity index (χ0n) is 94.3. The van der Waals surface area contributed by atoms with Crippen molar-refractivity contribution in [3.05, 3.63) is 304 Å². The molecular formula is C133H161BN4. The Balaban J connectivity index is 1.12. The molecule has 0 spiro atoms. The highest BCUT2D eigenvalue weighted by atomic mass is 15.2. The fourth-order valence-corrected chi connectivity index (χ4v) is 22.7. The summed E-state index contributed by atoms with van der Waals surface area (Å²) in [7, 11) is 0. The van der Waals surface area contributed by atoms with Crippen molar-refractivity contribution >= 4 is 101 Å². The standard InChI is InChI=1S/C133H161BN4/c1-123(2,3)74-85-38-34-42-96(58-85)102-66-93(82-131(25,26)27)67-103(97-43-35-39-86(59-97)75-124(4,5)6)121(102)137-116-72-100(135-112-54-46-89(78-127(13,14)15)62-106(112)107-63-90(47-55-113(107)135)79-128(16,17)18)50-52-110(116)134-111-53-51-101(136-114-56-48-91(80-129(19,20)21)64-108(114)109-65-92(49-57-115(109)136)81-130(22,23)24)73-117(111)138(119-71-95(84-133(31,32)33)70-118(137)120(119)134)122-104(98-44-36-40-87(60-98)76-125(7,8)9)68-94(83-132(28,29)30)69-105(122)99-45-37-41-88(61-99)77-126(10,11)12/h34-73H,74-84H2,1-33H3/i82D2,83D2. The summed E-state index contributed by atoms with van der Waals surface area (Å²) in [4.78, 5) is 5.44. The molecule has 0 saturated carbocycles. The van der Waals surface area contributed by atoms with Crippen molar-refractivity contribution in [1.29, 1.82) is 0 Å². The summed E-state index contributed by atoms with van der Waals surface area (Å²) in [6, 6.07) is 95.7. The fraction of sp³-hybridized carbons (Fsp3) is 0.414. The summed E-state index contributed by atoms with van der Waals surface area (Å²) in [5.41, 5.74) is 34.5. The van der Waals surface area contributed by atoms with E-state index in [4.69, 9.17) is 0 Å². The molecule has 17 rings (SSSR count). The van der Waals surface area contributed by atoms with Crippen molar-refractivity contribution < 1.29 is 5.48 Å². The molecular weight excluding hydrogens is 1660 g/mol. The van der Waals surface area contributed by atoms with Gasteiger partial charge in [-0.1, -0.05) is 362 Å². The highest BCUT2D eigenvalue weighted by molar-refractivity contribution is 7.00. The predicted molar refractivity (Wildman–Crippen MR) is 606 cm³/mol. The number of rotatable bonds is 19. The first-order chi connectivity index (χ1) is 65.7. The number of benzene rings is 13. The van der Waals surface area contributed by atoms with Crippen molar-refractivity contribution in [1.82, 2.24) is 9.13 Å². The smallest absolute Gasteiger partial charge is 0.252 e. The van der Waals surface area contributed by atoms with E-state index in [0.717, 1.165) is 180 Å². The van der Waals surface area contributed by atoms with Crippen LogP contribution in [0.15, 0.2) is 243 Å². The summed E-state index contributed by atoms with van der Waals surface area (Å²) in [5.74, 6) is 0. The van der Waals surface area contributed by atoms with Crippen LogP contribution >= 0.6 is 0 Å². The maximum absolute atomic E-state index is 10.8. The van der Waals surface area contributed by atoms with Crippen LogP contribution in [0.5, 0.6) is 0 Å². The van der Waals surface area contributed by atoms with Gasteiger partial charge in [0.15, 0.2) is 0 Å².